The molecule has 0 aliphatic rings. The molecular formula is C14H18N2O2. The average molecular weight is 246 g/mol. The van der Waals surface area contributed by atoms with Crippen LogP contribution < -0.4 is 5.32 Å². The van der Waals surface area contributed by atoms with Crippen LogP contribution in [0.4, 0.5) is 0 Å². The van der Waals surface area contributed by atoms with Gasteiger partial charge < -0.3 is 15.4 Å². The van der Waals surface area contributed by atoms with Crippen molar-refractivity contribution in [1.82, 2.24) is 10.3 Å². The molecule has 2 aromatic rings. The van der Waals surface area contributed by atoms with E-state index in [9.17, 15) is 4.79 Å². The molecule has 1 aromatic heterocycles. The standard InChI is InChI=1S/C14H18N2O2/c1-9-3-4-12-11(8-15-13(12)5-9)6-14(18)16-7-10(2)17/h3-5,8,10,15,17H,6-7H2,1-2H3,(H,16,18). The van der Waals surface area contributed by atoms with Crippen molar-refractivity contribution in [3.8, 4) is 0 Å². The van der Waals surface area contributed by atoms with Crippen LogP contribution in [-0.4, -0.2) is 28.6 Å². The molecule has 3 N–H and O–H groups in total. The smallest absolute Gasteiger partial charge is 0.224 e. The first kappa shape index (κ1) is 12.6. The number of H-pyrrole nitrogens is 1. The van der Waals surface area contributed by atoms with E-state index in [0.29, 0.717) is 13.0 Å². The quantitative estimate of drug-likeness (QED) is 0.765. The summed E-state index contributed by atoms with van der Waals surface area (Å²) in [4.78, 5) is 14.9. The summed E-state index contributed by atoms with van der Waals surface area (Å²) in [5.41, 5.74) is 3.22. The van der Waals surface area contributed by atoms with Crippen molar-refractivity contribution in [3.05, 3.63) is 35.5 Å². The first-order valence-electron chi connectivity index (χ1n) is 6.07. The largest absolute Gasteiger partial charge is 0.392 e. The van der Waals surface area contributed by atoms with Crippen molar-refractivity contribution in [2.75, 3.05) is 6.54 Å². The van der Waals surface area contributed by atoms with Crippen LogP contribution in [-0.2, 0) is 11.2 Å². The maximum absolute atomic E-state index is 11.7. The molecule has 0 radical (unpaired) electrons. The van der Waals surface area contributed by atoms with Crippen LogP contribution in [0.1, 0.15) is 18.1 Å². The molecule has 1 aromatic carbocycles. The van der Waals surface area contributed by atoms with Gasteiger partial charge in [0.2, 0.25) is 5.91 Å². The van der Waals surface area contributed by atoms with Gasteiger partial charge in [-0.25, -0.2) is 0 Å². The maximum Gasteiger partial charge on any atom is 0.224 e. The monoisotopic (exact) mass is 246 g/mol. The lowest BCUT2D eigenvalue weighted by atomic mass is 10.1. The number of aliphatic hydroxyl groups is 1. The number of hydrogen-bond donors (Lipinski definition) is 3. The van der Waals surface area contributed by atoms with Crippen LogP contribution in [0.15, 0.2) is 24.4 Å². The van der Waals surface area contributed by atoms with Crippen LogP contribution in [0, 0.1) is 6.92 Å². The number of aromatic nitrogens is 1. The number of carbonyl (C=O) groups is 1. The summed E-state index contributed by atoms with van der Waals surface area (Å²) >= 11 is 0. The summed E-state index contributed by atoms with van der Waals surface area (Å²) in [7, 11) is 0. The topological polar surface area (TPSA) is 65.1 Å². The molecule has 1 heterocycles. The third-order valence-electron chi connectivity index (χ3n) is 2.87. The average Bonchev–Trinajstić information content (AvgIpc) is 2.69. The molecule has 1 amide bonds. The molecule has 0 bridgehead atoms. The van der Waals surface area contributed by atoms with Crippen molar-refractivity contribution in [2.24, 2.45) is 0 Å². The maximum atomic E-state index is 11.7. The molecule has 0 fully saturated rings. The summed E-state index contributed by atoms with van der Waals surface area (Å²) in [5.74, 6) is -0.0719. The number of aryl methyl sites for hydroxylation is 1. The Morgan fingerprint density at radius 1 is 1.50 bits per heavy atom. The number of benzene rings is 1. The molecule has 96 valence electrons. The number of fused-ring (bicyclic) bond motifs is 1. The zero-order valence-corrected chi connectivity index (χ0v) is 10.7. The Morgan fingerprint density at radius 2 is 2.28 bits per heavy atom. The first-order valence-corrected chi connectivity index (χ1v) is 6.07. The van der Waals surface area contributed by atoms with Gasteiger partial charge in [0.15, 0.2) is 0 Å². The van der Waals surface area contributed by atoms with Gasteiger partial charge in [0.25, 0.3) is 0 Å². The Kier molecular flexibility index (Phi) is 3.67. The molecule has 2 rings (SSSR count). The van der Waals surface area contributed by atoms with Crippen LogP contribution in [0.5, 0.6) is 0 Å². The number of carbonyl (C=O) groups excluding carboxylic acids is 1. The minimum absolute atomic E-state index is 0.0719. The summed E-state index contributed by atoms with van der Waals surface area (Å²) in [6.45, 7) is 3.98. The van der Waals surface area contributed by atoms with Gasteiger partial charge in [-0.3, -0.25) is 4.79 Å². The highest BCUT2D eigenvalue weighted by Crippen LogP contribution is 2.19. The molecule has 0 saturated carbocycles. The van der Waals surface area contributed by atoms with E-state index in [0.717, 1.165) is 16.5 Å². The fraction of sp³-hybridized carbons (Fsp3) is 0.357. The fourth-order valence-electron chi connectivity index (χ4n) is 1.94. The zero-order chi connectivity index (χ0) is 13.1. The van der Waals surface area contributed by atoms with Gasteiger partial charge in [0.05, 0.1) is 12.5 Å². The Balaban J connectivity index is 2.10. The first-order chi connectivity index (χ1) is 8.56. The number of hydrogen-bond acceptors (Lipinski definition) is 2. The van der Waals surface area contributed by atoms with Gasteiger partial charge in [0, 0.05) is 23.6 Å². The summed E-state index contributed by atoms with van der Waals surface area (Å²) in [6, 6.07) is 6.12. The molecule has 0 aliphatic heterocycles. The van der Waals surface area contributed by atoms with Gasteiger partial charge in [-0.2, -0.15) is 0 Å². The van der Waals surface area contributed by atoms with Gasteiger partial charge >= 0.3 is 0 Å². The number of aliphatic hydroxyl groups excluding tert-OH is 1. The van der Waals surface area contributed by atoms with E-state index in [1.165, 1.54) is 5.56 Å². The van der Waals surface area contributed by atoms with E-state index in [2.05, 4.69) is 16.4 Å². The van der Waals surface area contributed by atoms with Crippen molar-refractivity contribution in [3.63, 3.8) is 0 Å². The highest BCUT2D eigenvalue weighted by Gasteiger charge is 2.09. The van der Waals surface area contributed by atoms with Gasteiger partial charge in [-0.15, -0.1) is 0 Å². The van der Waals surface area contributed by atoms with E-state index in [4.69, 9.17) is 5.11 Å². The second-order valence-electron chi connectivity index (χ2n) is 4.69. The second kappa shape index (κ2) is 5.23. The van der Waals surface area contributed by atoms with Crippen molar-refractivity contribution < 1.29 is 9.90 Å². The van der Waals surface area contributed by atoms with Gasteiger partial charge in [0.1, 0.15) is 0 Å². The minimum atomic E-state index is -0.514. The number of rotatable bonds is 4. The van der Waals surface area contributed by atoms with Crippen LogP contribution in [0.25, 0.3) is 10.9 Å². The fourth-order valence-corrected chi connectivity index (χ4v) is 1.94. The molecule has 4 heteroatoms. The highest BCUT2D eigenvalue weighted by molar-refractivity contribution is 5.89. The minimum Gasteiger partial charge on any atom is -0.392 e. The molecule has 4 nitrogen and oxygen atoms in total. The lowest BCUT2D eigenvalue weighted by molar-refractivity contribution is -0.120. The summed E-state index contributed by atoms with van der Waals surface area (Å²) in [6.07, 6.45) is 1.68. The van der Waals surface area contributed by atoms with Crippen molar-refractivity contribution in [2.45, 2.75) is 26.4 Å². The molecule has 0 spiro atoms. The molecule has 0 aliphatic carbocycles. The molecular weight excluding hydrogens is 228 g/mol. The van der Waals surface area contributed by atoms with E-state index in [-0.39, 0.29) is 5.91 Å². The molecule has 1 unspecified atom stereocenters. The highest BCUT2D eigenvalue weighted by atomic mass is 16.3. The van der Waals surface area contributed by atoms with Crippen molar-refractivity contribution >= 4 is 16.8 Å². The predicted octanol–water partition coefficient (Wildman–Crippen LogP) is 1.52. The Bertz CT molecular complexity index is 558. The van der Waals surface area contributed by atoms with Gasteiger partial charge in [-0.05, 0) is 31.0 Å². The Labute approximate surface area is 106 Å². The molecule has 0 saturated heterocycles. The number of amides is 1. The van der Waals surface area contributed by atoms with Crippen LogP contribution >= 0.6 is 0 Å². The van der Waals surface area contributed by atoms with E-state index >= 15 is 0 Å². The lowest BCUT2D eigenvalue weighted by Gasteiger charge is -2.06. The third-order valence-corrected chi connectivity index (χ3v) is 2.87. The molecule has 1 atom stereocenters. The Morgan fingerprint density at radius 3 is 3.00 bits per heavy atom. The van der Waals surface area contributed by atoms with Gasteiger partial charge in [-0.1, -0.05) is 12.1 Å². The summed E-state index contributed by atoms with van der Waals surface area (Å²) < 4.78 is 0. The predicted molar refractivity (Wildman–Crippen MR) is 71.4 cm³/mol. The van der Waals surface area contributed by atoms with Crippen molar-refractivity contribution in [1.29, 1.82) is 0 Å². The van der Waals surface area contributed by atoms with E-state index in [1.54, 1.807) is 6.92 Å². The lowest BCUT2D eigenvalue weighted by Crippen LogP contribution is -2.31. The normalized spacial score (nSPS) is 12.6. The Hall–Kier alpha value is -1.81. The zero-order valence-electron chi connectivity index (χ0n) is 10.7. The number of nitrogens with one attached hydrogen (secondary N) is 2. The van der Waals surface area contributed by atoms with Crippen LogP contribution in [0.2, 0.25) is 0 Å². The summed E-state index contributed by atoms with van der Waals surface area (Å²) in [5, 5.41) is 12.9. The molecule has 18 heavy (non-hydrogen) atoms. The van der Waals surface area contributed by atoms with Crippen LogP contribution in [0.3, 0.4) is 0 Å². The second-order valence-corrected chi connectivity index (χ2v) is 4.69. The van der Waals surface area contributed by atoms with E-state index in [1.807, 2.05) is 25.3 Å². The van der Waals surface area contributed by atoms with E-state index < -0.39 is 6.10 Å². The SMILES string of the molecule is Cc1ccc2c(CC(=O)NCC(C)O)c[nH]c2c1. The number of aromatic amines is 1. The third kappa shape index (κ3) is 2.90.